The van der Waals surface area contributed by atoms with E-state index in [0.29, 0.717) is 12.3 Å². The summed E-state index contributed by atoms with van der Waals surface area (Å²) in [5.74, 6) is 5.89. The maximum atomic E-state index is 12.2. The third-order valence-electron chi connectivity index (χ3n) is 3.62. The van der Waals surface area contributed by atoms with Gasteiger partial charge in [-0.25, -0.2) is 14.8 Å². The molecule has 0 radical (unpaired) electrons. The number of aromatic nitrogens is 2. The molecule has 0 amide bonds. The first-order chi connectivity index (χ1) is 12.6. The summed E-state index contributed by atoms with van der Waals surface area (Å²) in [6.07, 6.45) is 1.03. The van der Waals surface area contributed by atoms with Crippen molar-refractivity contribution in [3.8, 4) is 17.7 Å². The Morgan fingerprint density at radius 1 is 1.31 bits per heavy atom. The lowest BCUT2D eigenvalue weighted by atomic mass is 10.1. The molecule has 0 aliphatic carbocycles. The SMILES string of the molecule is CC#Cc1sc2ncnc(O[C@H](Cc3ccccc3)C(=O)OC)c2c1I. The molecule has 0 aliphatic heterocycles. The lowest BCUT2D eigenvalue weighted by Gasteiger charge is -2.17. The Morgan fingerprint density at radius 3 is 2.77 bits per heavy atom. The number of halogens is 1. The van der Waals surface area contributed by atoms with Gasteiger partial charge in [-0.3, -0.25) is 0 Å². The summed E-state index contributed by atoms with van der Waals surface area (Å²) in [6, 6.07) is 9.65. The molecule has 1 aromatic carbocycles. The van der Waals surface area contributed by atoms with E-state index in [2.05, 4.69) is 44.4 Å². The average Bonchev–Trinajstić information content (AvgIpc) is 2.98. The summed E-state index contributed by atoms with van der Waals surface area (Å²) in [4.78, 5) is 22.5. The zero-order valence-electron chi connectivity index (χ0n) is 14.2. The van der Waals surface area contributed by atoms with Crippen LogP contribution in [0.2, 0.25) is 0 Å². The third kappa shape index (κ3) is 3.97. The lowest BCUT2D eigenvalue weighted by Crippen LogP contribution is -2.31. The van der Waals surface area contributed by atoms with Crippen molar-refractivity contribution in [2.75, 3.05) is 7.11 Å². The molecule has 0 unspecified atom stereocenters. The van der Waals surface area contributed by atoms with E-state index in [4.69, 9.17) is 9.47 Å². The first kappa shape index (κ1) is 18.6. The van der Waals surface area contributed by atoms with Gasteiger partial charge >= 0.3 is 5.97 Å². The number of fused-ring (bicyclic) bond motifs is 1. The number of methoxy groups -OCH3 is 1. The first-order valence-electron chi connectivity index (χ1n) is 7.78. The van der Waals surface area contributed by atoms with Crippen LogP contribution in [0.1, 0.15) is 17.4 Å². The number of thiophene rings is 1. The highest BCUT2D eigenvalue weighted by Crippen LogP contribution is 2.36. The van der Waals surface area contributed by atoms with Crippen LogP contribution in [-0.2, 0) is 16.0 Å². The molecule has 2 heterocycles. The molecule has 0 bridgehead atoms. The Morgan fingerprint density at radius 2 is 2.08 bits per heavy atom. The summed E-state index contributed by atoms with van der Waals surface area (Å²) in [5.41, 5.74) is 0.978. The Kier molecular flexibility index (Phi) is 6.06. The number of ether oxygens (including phenoxy) is 2. The molecule has 132 valence electrons. The van der Waals surface area contributed by atoms with Gasteiger partial charge in [0, 0.05) is 6.42 Å². The van der Waals surface area contributed by atoms with E-state index >= 15 is 0 Å². The van der Waals surface area contributed by atoms with Gasteiger partial charge in [0.15, 0.2) is 0 Å². The van der Waals surface area contributed by atoms with E-state index in [9.17, 15) is 4.79 Å². The van der Waals surface area contributed by atoms with Gasteiger partial charge in [-0.2, -0.15) is 0 Å². The largest absolute Gasteiger partial charge is 0.466 e. The second-order valence-corrected chi connectivity index (χ2v) is 7.38. The number of nitrogens with zero attached hydrogens (tertiary/aromatic N) is 2. The minimum Gasteiger partial charge on any atom is -0.466 e. The molecule has 7 heteroatoms. The Bertz CT molecular complexity index is 992. The molecule has 0 spiro atoms. The third-order valence-corrected chi connectivity index (χ3v) is 6.07. The number of hydrogen-bond donors (Lipinski definition) is 0. The molecule has 26 heavy (non-hydrogen) atoms. The van der Waals surface area contributed by atoms with Gasteiger partial charge < -0.3 is 9.47 Å². The Hall–Kier alpha value is -2.18. The smallest absolute Gasteiger partial charge is 0.347 e. The van der Waals surface area contributed by atoms with Gasteiger partial charge in [-0.05, 0) is 35.1 Å². The van der Waals surface area contributed by atoms with Crippen molar-refractivity contribution in [2.24, 2.45) is 0 Å². The van der Waals surface area contributed by atoms with Crippen molar-refractivity contribution in [3.05, 3.63) is 50.7 Å². The predicted octanol–water partition coefficient (Wildman–Crippen LogP) is 3.83. The van der Waals surface area contributed by atoms with Gasteiger partial charge in [-0.1, -0.05) is 36.3 Å². The van der Waals surface area contributed by atoms with Crippen LogP contribution in [-0.4, -0.2) is 29.2 Å². The van der Waals surface area contributed by atoms with Crippen molar-refractivity contribution >= 4 is 50.1 Å². The lowest BCUT2D eigenvalue weighted by molar-refractivity contribution is -0.148. The summed E-state index contributed by atoms with van der Waals surface area (Å²) < 4.78 is 11.8. The van der Waals surface area contributed by atoms with Gasteiger partial charge in [0.25, 0.3) is 0 Å². The van der Waals surface area contributed by atoms with Crippen LogP contribution < -0.4 is 4.74 Å². The van der Waals surface area contributed by atoms with Crippen LogP contribution in [0.4, 0.5) is 0 Å². The molecule has 0 saturated heterocycles. The molecule has 0 aliphatic rings. The van der Waals surface area contributed by atoms with Gasteiger partial charge in [0.2, 0.25) is 12.0 Å². The minimum atomic E-state index is -0.795. The van der Waals surface area contributed by atoms with Crippen molar-refractivity contribution in [1.29, 1.82) is 0 Å². The van der Waals surface area contributed by atoms with E-state index in [1.54, 1.807) is 6.92 Å². The van der Waals surface area contributed by atoms with E-state index in [-0.39, 0.29) is 0 Å². The monoisotopic (exact) mass is 478 g/mol. The Labute approximate surface area is 168 Å². The fraction of sp³-hybridized carbons (Fsp3) is 0.211. The van der Waals surface area contributed by atoms with Crippen LogP contribution >= 0.6 is 33.9 Å². The number of hydrogen-bond acceptors (Lipinski definition) is 6. The highest BCUT2D eigenvalue weighted by atomic mass is 127. The van der Waals surface area contributed by atoms with Gasteiger partial charge in [-0.15, -0.1) is 17.3 Å². The predicted molar refractivity (Wildman–Crippen MR) is 109 cm³/mol. The summed E-state index contributed by atoms with van der Waals surface area (Å²) >= 11 is 3.69. The molecule has 0 saturated carbocycles. The van der Waals surface area contributed by atoms with E-state index in [1.165, 1.54) is 24.8 Å². The summed E-state index contributed by atoms with van der Waals surface area (Å²) in [5, 5.41) is 0.776. The highest BCUT2D eigenvalue weighted by molar-refractivity contribution is 14.1. The number of carbonyl (C=O) groups is 1. The number of esters is 1. The van der Waals surface area contributed by atoms with Gasteiger partial charge in [0.1, 0.15) is 11.2 Å². The quantitative estimate of drug-likeness (QED) is 0.317. The number of rotatable bonds is 5. The first-order valence-corrected chi connectivity index (χ1v) is 9.67. The molecular weight excluding hydrogens is 463 g/mol. The van der Waals surface area contributed by atoms with E-state index in [1.807, 2.05) is 30.3 Å². The second kappa shape index (κ2) is 8.47. The van der Waals surface area contributed by atoms with Crippen molar-refractivity contribution in [2.45, 2.75) is 19.4 Å². The molecule has 0 N–H and O–H groups in total. The molecule has 3 rings (SSSR count). The minimum absolute atomic E-state index is 0.367. The van der Waals surface area contributed by atoms with Crippen molar-refractivity contribution in [3.63, 3.8) is 0 Å². The Balaban J connectivity index is 1.98. The molecule has 5 nitrogen and oxygen atoms in total. The zero-order chi connectivity index (χ0) is 18.5. The van der Waals surface area contributed by atoms with Crippen LogP contribution in [0, 0.1) is 15.4 Å². The average molecular weight is 478 g/mol. The van der Waals surface area contributed by atoms with Crippen LogP contribution in [0.15, 0.2) is 36.7 Å². The van der Waals surface area contributed by atoms with Crippen molar-refractivity contribution in [1.82, 2.24) is 9.97 Å². The zero-order valence-corrected chi connectivity index (χ0v) is 17.1. The van der Waals surface area contributed by atoms with Crippen molar-refractivity contribution < 1.29 is 14.3 Å². The number of carbonyl (C=O) groups excluding carboxylic acids is 1. The van der Waals surface area contributed by atoms with Crippen LogP contribution in [0.5, 0.6) is 5.88 Å². The molecule has 1 atom stereocenters. The molecular formula is C19H15IN2O3S. The van der Waals surface area contributed by atoms with Crippen LogP contribution in [0.3, 0.4) is 0 Å². The van der Waals surface area contributed by atoms with E-state index < -0.39 is 12.1 Å². The van der Waals surface area contributed by atoms with Gasteiger partial charge in [0.05, 0.1) is 20.9 Å². The fourth-order valence-corrected chi connectivity index (χ4v) is 4.49. The second-order valence-electron chi connectivity index (χ2n) is 5.30. The summed E-state index contributed by atoms with van der Waals surface area (Å²) in [6.45, 7) is 1.79. The number of benzene rings is 1. The molecule has 3 aromatic rings. The maximum absolute atomic E-state index is 12.2. The molecule has 0 fully saturated rings. The fourth-order valence-electron chi connectivity index (χ4n) is 2.43. The topological polar surface area (TPSA) is 61.3 Å². The van der Waals surface area contributed by atoms with Crippen LogP contribution in [0.25, 0.3) is 10.2 Å². The summed E-state index contributed by atoms with van der Waals surface area (Å²) in [7, 11) is 1.35. The normalized spacial score (nSPS) is 11.5. The highest BCUT2D eigenvalue weighted by Gasteiger charge is 2.25. The van der Waals surface area contributed by atoms with E-state index in [0.717, 1.165) is 24.2 Å². The maximum Gasteiger partial charge on any atom is 0.347 e. The standard InChI is InChI=1S/C19H15IN2O3S/c1-3-7-14-16(20)15-17(21-11-22-18(15)26-14)25-13(19(23)24-2)10-12-8-5-4-6-9-12/h4-6,8-9,11,13H,10H2,1-2H3/t13-/m1/s1. The molecule has 2 aromatic heterocycles.